The maximum absolute atomic E-state index is 9.95. The van der Waals surface area contributed by atoms with E-state index in [0.29, 0.717) is 22.1 Å². The van der Waals surface area contributed by atoms with Crippen LogP contribution in [0.5, 0.6) is 5.75 Å². The van der Waals surface area contributed by atoms with Gasteiger partial charge in [-0.15, -0.1) is 6.58 Å². The fourth-order valence-electron chi connectivity index (χ4n) is 1.89. The minimum Gasteiger partial charge on any atom is -0.486 e. The van der Waals surface area contributed by atoms with E-state index in [1.165, 1.54) is 11.1 Å². The molecule has 0 fully saturated rings. The number of primary amides is 1. The fourth-order valence-corrected chi connectivity index (χ4v) is 2.30. The van der Waals surface area contributed by atoms with Gasteiger partial charge in [0.15, 0.2) is 6.29 Å². The fraction of sp³-hybridized carbons (Fsp3) is 0.385. The van der Waals surface area contributed by atoms with Crippen LogP contribution < -0.4 is 15.8 Å². The summed E-state index contributed by atoms with van der Waals surface area (Å²) in [6.07, 6.45) is 2.80. The van der Waals surface area contributed by atoms with E-state index in [2.05, 4.69) is 17.6 Å². The monoisotopic (exact) mass is 548 g/mol. The van der Waals surface area contributed by atoms with Crippen molar-refractivity contribution in [2.75, 3.05) is 33.9 Å². The Bertz CT molecular complexity index is 789. The number of ether oxygens (including phenoxy) is 2. The van der Waals surface area contributed by atoms with Crippen molar-refractivity contribution in [2.24, 2.45) is 5.73 Å². The summed E-state index contributed by atoms with van der Waals surface area (Å²) < 4.78 is 10.5. The Morgan fingerprint density at radius 2 is 1.54 bits per heavy atom. The first kappa shape index (κ1) is 37.5. The summed E-state index contributed by atoms with van der Waals surface area (Å²) in [5.74, 6) is 0.538. The van der Waals surface area contributed by atoms with Crippen molar-refractivity contribution < 1.29 is 19.1 Å². The standard InChI is InChI=1S/C13H17ClO.C8H6Cl2O2.C2H7N.C2H6.CH3NO/c1-11(2)7-9-15-10-8-12-3-5-13(14)6-4-12;9-7-2-1-6(5-8(7)10)12-4-3-11;1-3-2;1-2;2-1-3/h3-6H,1,7-10H2,2H3;1-3,5H,4H2;3H,1-2H3;1-2H3;1H,(H2,2,3). The Hall–Kier alpha value is -2.09. The number of hydrogen-bond donors (Lipinski definition) is 2. The molecule has 1 amide bonds. The molecule has 2 rings (SSSR count). The maximum atomic E-state index is 9.95. The Kier molecular flexibility index (Phi) is 30.1. The molecule has 0 saturated heterocycles. The minimum atomic E-state index is 0.0258. The van der Waals surface area contributed by atoms with Crippen LogP contribution in [0.15, 0.2) is 54.6 Å². The molecule has 2 aromatic carbocycles. The molecule has 0 saturated carbocycles. The van der Waals surface area contributed by atoms with Gasteiger partial charge >= 0.3 is 0 Å². The lowest BCUT2D eigenvalue weighted by molar-refractivity contribution is -0.109. The molecule has 35 heavy (non-hydrogen) atoms. The summed E-state index contributed by atoms with van der Waals surface area (Å²) in [6.45, 7) is 11.4. The van der Waals surface area contributed by atoms with Crippen molar-refractivity contribution >= 4 is 47.5 Å². The lowest BCUT2D eigenvalue weighted by atomic mass is 10.2. The van der Waals surface area contributed by atoms with Gasteiger partial charge < -0.3 is 20.5 Å². The molecule has 0 radical (unpaired) electrons. The third kappa shape index (κ3) is 26.4. The average molecular weight is 550 g/mol. The summed E-state index contributed by atoms with van der Waals surface area (Å²) in [7, 11) is 3.75. The second-order valence-corrected chi connectivity index (χ2v) is 7.64. The highest BCUT2D eigenvalue weighted by Gasteiger charge is 1.99. The highest BCUT2D eigenvalue weighted by molar-refractivity contribution is 6.42. The zero-order valence-corrected chi connectivity index (χ0v) is 23.6. The van der Waals surface area contributed by atoms with Gasteiger partial charge in [-0.2, -0.15) is 0 Å². The zero-order valence-electron chi connectivity index (χ0n) is 21.3. The number of aldehydes is 1. The summed E-state index contributed by atoms with van der Waals surface area (Å²) in [5, 5.41) is 4.41. The van der Waals surface area contributed by atoms with Crippen LogP contribution in [0.25, 0.3) is 0 Å². The van der Waals surface area contributed by atoms with Crippen LogP contribution in [-0.4, -0.2) is 46.6 Å². The smallest absolute Gasteiger partial charge is 0.204 e. The summed E-state index contributed by atoms with van der Waals surface area (Å²) >= 11 is 17.1. The van der Waals surface area contributed by atoms with Gasteiger partial charge in [0, 0.05) is 11.1 Å². The van der Waals surface area contributed by atoms with Gasteiger partial charge in [0.1, 0.15) is 12.4 Å². The van der Waals surface area contributed by atoms with Gasteiger partial charge in [-0.05, 0) is 63.7 Å². The number of nitrogens with two attached hydrogens (primary N) is 1. The minimum absolute atomic E-state index is 0.0258. The van der Waals surface area contributed by atoms with Crippen LogP contribution in [0.1, 0.15) is 32.8 Å². The van der Waals surface area contributed by atoms with Crippen LogP contribution in [0.4, 0.5) is 0 Å². The van der Waals surface area contributed by atoms with Crippen molar-refractivity contribution in [3.05, 3.63) is 75.2 Å². The molecule has 0 aliphatic carbocycles. The van der Waals surface area contributed by atoms with Gasteiger partial charge in [-0.25, -0.2) is 0 Å². The summed E-state index contributed by atoms with van der Waals surface area (Å²) in [4.78, 5) is 18.5. The van der Waals surface area contributed by atoms with E-state index in [1.807, 2.05) is 59.1 Å². The molecule has 6 nitrogen and oxygen atoms in total. The van der Waals surface area contributed by atoms with E-state index >= 15 is 0 Å². The summed E-state index contributed by atoms with van der Waals surface area (Å²) in [5.41, 5.74) is 6.59. The van der Waals surface area contributed by atoms with Gasteiger partial charge in [-0.3, -0.25) is 9.59 Å². The van der Waals surface area contributed by atoms with Crippen molar-refractivity contribution in [1.29, 1.82) is 0 Å². The van der Waals surface area contributed by atoms with E-state index in [-0.39, 0.29) is 13.0 Å². The second-order valence-electron chi connectivity index (χ2n) is 6.39. The van der Waals surface area contributed by atoms with Gasteiger partial charge in [0.2, 0.25) is 6.41 Å². The zero-order chi connectivity index (χ0) is 27.5. The normalized spacial score (nSPS) is 8.69. The SMILES string of the molecule is C=C(C)CCOCCc1ccc(Cl)cc1.CC.CNC.NC=O.O=CCOc1ccc(Cl)c(Cl)c1. The molecular formula is C26H39Cl3N2O4. The van der Waals surface area contributed by atoms with Crippen molar-refractivity contribution in [1.82, 2.24) is 5.32 Å². The number of benzene rings is 2. The third-order valence-corrected chi connectivity index (χ3v) is 4.32. The first-order valence-corrected chi connectivity index (χ1v) is 12.1. The highest BCUT2D eigenvalue weighted by atomic mass is 35.5. The molecule has 0 heterocycles. The van der Waals surface area contributed by atoms with Gasteiger partial charge in [0.05, 0.1) is 23.3 Å². The molecule has 3 N–H and O–H groups in total. The first-order valence-electron chi connectivity index (χ1n) is 11.0. The number of hydrogen-bond acceptors (Lipinski definition) is 5. The van der Waals surface area contributed by atoms with Crippen molar-refractivity contribution in [2.45, 2.75) is 33.6 Å². The van der Waals surface area contributed by atoms with Crippen LogP contribution in [0.2, 0.25) is 15.1 Å². The lowest BCUT2D eigenvalue weighted by Gasteiger charge is -2.04. The summed E-state index contributed by atoms with van der Waals surface area (Å²) in [6, 6.07) is 12.7. The van der Waals surface area contributed by atoms with Crippen LogP contribution in [0.3, 0.4) is 0 Å². The lowest BCUT2D eigenvalue weighted by Crippen LogP contribution is -2.00. The topological polar surface area (TPSA) is 90.6 Å². The van der Waals surface area contributed by atoms with E-state index < -0.39 is 0 Å². The number of carbonyl (C=O) groups excluding carboxylic acids is 2. The molecular weight excluding hydrogens is 511 g/mol. The Labute approximate surface area is 225 Å². The van der Waals surface area contributed by atoms with Crippen molar-refractivity contribution in [3.8, 4) is 5.75 Å². The van der Waals surface area contributed by atoms with Gasteiger partial charge in [0.25, 0.3) is 0 Å². The molecule has 0 atom stereocenters. The van der Waals surface area contributed by atoms with E-state index in [0.717, 1.165) is 31.1 Å². The molecule has 0 aliphatic heterocycles. The second kappa shape index (κ2) is 28.1. The average Bonchev–Trinajstić information content (AvgIpc) is 2.83. The highest BCUT2D eigenvalue weighted by Crippen LogP contribution is 2.26. The van der Waals surface area contributed by atoms with Crippen LogP contribution >= 0.6 is 34.8 Å². The molecule has 2 aromatic rings. The predicted octanol–water partition coefficient (Wildman–Crippen LogP) is 6.40. The first-order chi connectivity index (χ1) is 16.7. The van der Waals surface area contributed by atoms with E-state index in [9.17, 15) is 4.79 Å². The predicted molar refractivity (Wildman–Crippen MR) is 150 cm³/mol. The van der Waals surface area contributed by atoms with E-state index in [1.54, 1.807) is 18.2 Å². The molecule has 0 aliphatic rings. The molecule has 0 unspecified atom stereocenters. The van der Waals surface area contributed by atoms with Crippen LogP contribution in [-0.2, 0) is 20.7 Å². The Morgan fingerprint density at radius 3 is 2.00 bits per heavy atom. The molecule has 198 valence electrons. The quantitative estimate of drug-likeness (QED) is 0.215. The van der Waals surface area contributed by atoms with Gasteiger partial charge in [-0.1, -0.05) is 66.4 Å². The maximum Gasteiger partial charge on any atom is 0.204 e. The molecule has 0 spiro atoms. The number of nitrogens with one attached hydrogen (secondary N) is 1. The molecule has 0 bridgehead atoms. The largest absolute Gasteiger partial charge is 0.486 e. The van der Waals surface area contributed by atoms with Crippen LogP contribution in [0, 0.1) is 0 Å². The number of halogens is 3. The number of carbonyl (C=O) groups is 2. The van der Waals surface area contributed by atoms with Crippen molar-refractivity contribution in [3.63, 3.8) is 0 Å². The third-order valence-electron chi connectivity index (χ3n) is 3.33. The number of rotatable bonds is 9. The Balaban J connectivity index is -0.000000457. The molecule has 9 heteroatoms. The van der Waals surface area contributed by atoms with E-state index in [4.69, 9.17) is 49.1 Å². The number of amides is 1. The Morgan fingerprint density at radius 1 is 1.00 bits per heavy atom. The molecule has 0 aromatic heterocycles.